The number of carbonyl (C=O) groups is 1. The standard InChI is InChI=1S/C26H28FN3O4/c1-2-32-26(31)21-14-20(21)19-7-5-6-17(25(19)27)16-34-18-9-10-22(28-15-18)23-11-12-29-30(23)24-8-3-4-13-33-24/h5-7,9-12,15,20-21,24H,2-4,8,13-14,16H2,1H3. The molecule has 0 amide bonds. The van der Waals surface area contributed by atoms with E-state index in [4.69, 9.17) is 14.2 Å². The molecule has 3 atom stereocenters. The topological polar surface area (TPSA) is 75.5 Å². The molecule has 7 nitrogen and oxygen atoms in total. The zero-order valence-electron chi connectivity index (χ0n) is 19.2. The van der Waals surface area contributed by atoms with Crippen LogP contribution in [0.3, 0.4) is 0 Å². The number of esters is 1. The van der Waals surface area contributed by atoms with Crippen LogP contribution in [-0.4, -0.2) is 33.9 Å². The highest BCUT2D eigenvalue weighted by molar-refractivity contribution is 5.77. The molecule has 178 valence electrons. The van der Waals surface area contributed by atoms with Crippen molar-refractivity contribution in [2.75, 3.05) is 13.2 Å². The normalized spacial score (nSPS) is 21.8. The summed E-state index contributed by atoms with van der Waals surface area (Å²) in [5.41, 5.74) is 2.65. The molecular formula is C26H28FN3O4. The van der Waals surface area contributed by atoms with E-state index >= 15 is 4.39 Å². The molecule has 5 rings (SSSR count). The summed E-state index contributed by atoms with van der Waals surface area (Å²) in [6.07, 6.45) is 7.06. The summed E-state index contributed by atoms with van der Waals surface area (Å²) in [5.74, 6) is -0.409. The number of aromatic nitrogens is 3. The van der Waals surface area contributed by atoms with Crippen molar-refractivity contribution in [3.05, 3.63) is 65.7 Å². The van der Waals surface area contributed by atoms with E-state index in [0.717, 1.165) is 37.3 Å². The second kappa shape index (κ2) is 9.93. The molecule has 2 fully saturated rings. The maximum atomic E-state index is 15.1. The summed E-state index contributed by atoms with van der Waals surface area (Å²) >= 11 is 0. The van der Waals surface area contributed by atoms with E-state index in [0.29, 0.717) is 29.9 Å². The van der Waals surface area contributed by atoms with Crippen LogP contribution in [0, 0.1) is 11.7 Å². The van der Waals surface area contributed by atoms with Gasteiger partial charge in [-0.15, -0.1) is 0 Å². The molecule has 1 saturated heterocycles. The Morgan fingerprint density at radius 2 is 2.15 bits per heavy atom. The Labute approximate surface area is 197 Å². The average molecular weight is 466 g/mol. The molecule has 1 aliphatic heterocycles. The minimum absolute atomic E-state index is 0.0679. The van der Waals surface area contributed by atoms with E-state index in [2.05, 4.69) is 10.1 Å². The second-order valence-corrected chi connectivity index (χ2v) is 8.67. The van der Waals surface area contributed by atoms with Crippen LogP contribution in [0.15, 0.2) is 48.8 Å². The first-order valence-electron chi connectivity index (χ1n) is 11.8. The molecule has 1 saturated carbocycles. The number of rotatable bonds is 8. The molecule has 3 heterocycles. The van der Waals surface area contributed by atoms with Gasteiger partial charge in [0.25, 0.3) is 0 Å². The molecule has 2 aliphatic rings. The fraction of sp³-hybridized carbons (Fsp3) is 0.423. The van der Waals surface area contributed by atoms with Gasteiger partial charge in [0.15, 0.2) is 6.23 Å². The maximum Gasteiger partial charge on any atom is 0.309 e. The van der Waals surface area contributed by atoms with Crippen LogP contribution < -0.4 is 4.74 Å². The van der Waals surface area contributed by atoms with Crippen LogP contribution in [0.1, 0.15) is 55.9 Å². The zero-order valence-corrected chi connectivity index (χ0v) is 19.2. The van der Waals surface area contributed by atoms with Crippen LogP contribution in [0.2, 0.25) is 0 Å². The molecule has 3 unspecified atom stereocenters. The average Bonchev–Trinajstić information content (AvgIpc) is 3.51. The Balaban J connectivity index is 1.23. The monoisotopic (exact) mass is 465 g/mol. The second-order valence-electron chi connectivity index (χ2n) is 8.67. The van der Waals surface area contributed by atoms with E-state index < -0.39 is 0 Å². The first-order valence-corrected chi connectivity index (χ1v) is 11.8. The van der Waals surface area contributed by atoms with Crippen LogP contribution in [0.25, 0.3) is 11.4 Å². The Morgan fingerprint density at radius 1 is 1.24 bits per heavy atom. The third kappa shape index (κ3) is 4.68. The van der Waals surface area contributed by atoms with Gasteiger partial charge in [0, 0.05) is 24.3 Å². The lowest BCUT2D eigenvalue weighted by atomic mass is 10.0. The van der Waals surface area contributed by atoms with Crippen LogP contribution in [0.4, 0.5) is 4.39 Å². The molecule has 0 bridgehead atoms. The number of pyridine rings is 1. The highest BCUT2D eigenvalue weighted by atomic mass is 19.1. The highest BCUT2D eigenvalue weighted by Crippen LogP contribution is 2.49. The lowest BCUT2D eigenvalue weighted by molar-refractivity contribution is -0.144. The van der Waals surface area contributed by atoms with Gasteiger partial charge >= 0.3 is 5.97 Å². The number of nitrogens with zero attached hydrogens (tertiary/aromatic N) is 3. The van der Waals surface area contributed by atoms with Crippen molar-refractivity contribution >= 4 is 5.97 Å². The molecule has 2 aromatic heterocycles. The first kappa shape index (κ1) is 22.5. The van der Waals surface area contributed by atoms with Gasteiger partial charge < -0.3 is 14.2 Å². The Bertz CT molecular complexity index is 1140. The van der Waals surface area contributed by atoms with Crippen molar-refractivity contribution in [1.29, 1.82) is 0 Å². The summed E-state index contributed by atoms with van der Waals surface area (Å²) in [5, 5.41) is 4.43. The smallest absolute Gasteiger partial charge is 0.309 e. The molecule has 0 radical (unpaired) electrons. The Hall–Kier alpha value is -3.26. The van der Waals surface area contributed by atoms with E-state index in [1.54, 1.807) is 37.5 Å². The summed E-state index contributed by atoms with van der Waals surface area (Å²) < 4.78 is 33.7. The largest absolute Gasteiger partial charge is 0.487 e. The summed E-state index contributed by atoms with van der Waals surface area (Å²) in [6.45, 7) is 2.92. The molecular weight excluding hydrogens is 437 g/mol. The van der Waals surface area contributed by atoms with Crippen molar-refractivity contribution in [2.24, 2.45) is 5.92 Å². The quantitative estimate of drug-likeness (QED) is 0.435. The molecule has 0 N–H and O–H groups in total. The fourth-order valence-corrected chi connectivity index (χ4v) is 4.49. The van der Waals surface area contributed by atoms with Gasteiger partial charge in [-0.1, -0.05) is 18.2 Å². The minimum Gasteiger partial charge on any atom is -0.487 e. The van der Waals surface area contributed by atoms with Crippen molar-refractivity contribution < 1.29 is 23.4 Å². The predicted octanol–water partition coefficient (Wildman–Crippen LogP) is 5.03. The molecule has 1 aromatic carbocycles. The van der Waals surface area contributed by atoms with E-state index in [1.165, 1.54) is 0 Å². The minimum atomic E-state index is -0.319. The number of halogens is 1. The number of benzene rings is 1. The Morgan fingerprint density at radius 3 is 2.91 bits per heavy atom. The van der Waals surface area contributed by atoms with Crippen LogP contribution >= 0.6 is 0 Å². The SMILES string of the molecule is CCOC(=O)C1CC1c1cccc(COc2ccc(-c3ccnn3C3CCCCO3)nc2)c1F. The first-order chi connectivity index (χ1) is 16.7. The van der Waals surface area contributed by atoms with Crippen molar-refractivity contribution in [3.63, 3.8) is 0 Å². The summed E-state index contributed by atoms with van der Waals surface area (Å²) in [4.78, 5) is 16.5. The van der Waals surface area contributed by atoms with Crippen LogP contribution in [-0.2, 0) is 20.9 Å². The van der Waals surface area contributed by atoms with Gasteiger partial charge in [0.2, 0.25) is 0 Å². The molecule has 0 spiro atoms. The lowest BCUT2D eigenvalue weighted by Crippen LogP contribution is -2.20. The Kier molecular flexibility index (Phi) is 6.58. The molecule has 8 heteroatoms. The van der Waals surface area contributed by atoms with E-state index in [9.17, 15) is 4.79 Å². The molecule has 3 aromatic rings. The lowest BCUT2D eigenvalue weighted by Gasteiger charge is -2.24. The third-order valence-corrected chi connectivity index (χ3v) is 6.38. The van der Waals surface area contributed by atoms with Gasteiger partial charge in [-0.05, 0) is 56.4 Å². The predicted molar refractivity (Wildman–Crippen MR) is 123 cm³/mol. The zero-order chi connectivity index (χ0) is 23.5. The maximum absolute atomic E-state index is 15.1. The number of carbonyl (C=O) groups excluding carboxylic acids is 1. The van der Waals surface area contributed by atoms with Gasteiger partial charge in [-0.25, -0.2) is 9.07 Å². The van der Waals surface area contributed by atoms with Gasteiger partial charge in [-0.3, -0.25) is 9.78 Å². The third-order valence-electron chi connectivity index (χ3n) is 6.38. The summed E-state index contributed by atoms with van der Waals surface area (Å²) in [6, 6.07) is 10.8. The fourth-order valence-electron chi connectivity index (χ4n) is 4.49. The van der Waals surface area contributed by atoms with Crippen molar-refractivity contribution in [3.8, 4) is 17.1 Å². The molecule has 34 heavy (non-hydrogen) atoms. The van der Waals surface area contributed by atoms with E-state index in [1.807, 2.05) is 22.9 Å². The number of hydrogen-bond acceptors (Lipinski definition) is 6. The molecule has 1 aliphatic carbocycles. The van der Waals surface area contributed by atoms with E-state index in [-0.39, 0.29) is 36.5 Å². The van der Waals surface area contributed by atoms with Gasteiger partial charge in [0.05, 0.1) is 30.1 Å². The summed E-state index contributed by atoms with van der Waals surface area (Å²) in [7, 11) is 0. The van der Waals surface area contributed by atoms with Gasteiger partial charge in [0.1, 0.15) is 18.2 Å². The van der Waals surface area contributed by atoms with Crippen LogP contribution in [0.5, 0.6) is 5.75 Å². The number of hydrogen-bond donors (Lipinski definition) is 0. The number of ether oxygens (including phenoxy) is 3. The van der Waals surface area contributed by atoms with Crippen molar-refractivity contribution in [2.45, 2.75) is 51.4 Å². The highest BCUT2D eigenvalue weighted by Gasteiger charge is 2.46. The van der Waals surface area contributed by atoms with Gasteiger partial charge in [-0.2, -0.15) is 5.10 Å². The van der Waals surface area contributed by atoms with Crippen molar-refractivity contribution in [1.82, 2.24) is 14.8 Å².